The van der Waals surface area contributed by atoms with Gasteiger partial charge in [0.1, 0.15) is 18.1 Å². The summed E-state index contributed by atoms with van der Waals surface area (Å²) in [6, 6.07) is -2.49. The van der Waals surface area contributed by atoms with Gasteiger partial charge in [0.2, 0.25) is 35.4 Å². The van der Waals surface area contributed by atoms with Crippen LogP contribution < -0.4 is 31.9 Å². The SMILES string of the molecule is CCCCCC(C)C(=O)NCCCCC(NC(=O)C(C)CCCCC)C(=O)NCCCCC(NC(=O)C(CCCC[N+](=O)C(C)CCCCC)NC(=O)C(C)CCCCC)C(=O)NC. The van der Waals surface area contributed by atoms with Crippen molar-refractivity contribution in [3.63, 3.8) is 0 Å². The van der Waals surface area contributed by atoms with Crippen molar-refractivity contribution in [2.45, 2.75) is 240 Å². The van der Waals surface area contributed by atoms with Crippen LogP contribution in [-0.4, -0.2) is 91.1 Å². The van der Waals surface area contributed by atoms with E-state index < -0.39 is 24.0 Å². The highest BCUT2D eigenvalue weighted by molar-refractivity contribution is 5.92. The molecule has 0 aromatic rings. The molecule has 0 fully saturated rings. The van der Waals surface area contributed by atoms with Gasteiger partial charge in [-0.1, -0.05) is 119 Å². The van der Waals surface area contributed by atoms with Crippen LogP contribution in [0.15, 0.2) is 0 Å². The third-order valence-electron chi connectivity index (χ3n) is 12.5. The van der Waals surface area contributed by atoms with E-state index in [1.54, 1.807) is 0 Å². The molecule has 0 aromatic carbocycles. The van der Waals surface area contributed by atoms with Crippen LogP contribution in [0.2, 0.25) is 0 Å². The summed E-state index contributed by atoms with van der Waals surface area (Å²) < 4.78 is 1.12. The maximum absolute atomic E-state index is 13.8. The van der Waals surface area contributed by atoms with Gasteiger partial charge >= 0.3 is 0 Å². The molecule has 372 valence electrons. The van der Waals surface area contributed by atoms with E-state index in [2.05, 4.69) is 59.6 Å². The number of nitrogens with one attached hydrogen (secondary N) is 6. The first-order chi connectivity index (χ1) is 30.7. The summed E-state index contributed by atoms with van der Waals surface area (Å²) in [5, 5.41) is 17.5. The highest BCUT2D eigenvalue weighted by atomic mass is 16.3. The summed E-state index contributed by atoms with van der Waals surface area (Å²) in [5.41, 5.74) is 0. The fraction of sp³-hybridized carbons (Fsp3) is 0.880. The fourth-order valence-corrected chi connectivity index (χ4v) is 7.71. The predicted octanol–water partition coefficient (Wildman–Crippen LogP) is 8.33. The zero-order valence-corrected chi connectivity index (χ0v) is 42.1. The van der Waals surface area contributed by atoms with Crippen LogP contribution in [0.1, 0.15) is 216 Å². The predicted molar refractivity (Wildman–Crippen MR) is 259 cm³/mol. The number of hydrogen-bond donors (Lipinski definition) is 6. The number of hydrogen-bond acceptors (Lipinski definition) is 7. The van der Waals surface area contributed by atoms with Gasteiger partial charge in [0.25, 0.3) is 0 Å². The highest BCUT2D eigenvalue weighted by Crippen LogP contribution is 2.15. The van der Waals surface area contributed by atoms with Gasteiger partial charge < -0.3 is 31.9 Å². The Balaban J connectivity index is 5.50. The van der Waals surface area contributed by atoms with E-state index in [4.69, 9.17) is 0 Å². The molecule has 0 aromatic heterocycles. The molecule has 6 N–H and O–H groups in total. The molecule has 0 rings (SSSR count). The second-order valence-corrected chi connectivity index (χ2v) is 18.5. The molecule has 14 heteroatoms. The van der Waals surface area contributed by atoms with Crippen molar-refractivity contribution in [3.8, 4) is 0 Å². The molecule has 7 unspecified atom stereocenters. The van der Waals surface area contributed by atoms with Crippen LogP contribution in [0.25, 0.3) is 0 Å². The van der Waals surface area contributed by atoms with Crippen molar-refractivity contribution < 1.29 is 33.5 Å². The first-order valence-corrected chi connectivity index (χ1v) is 25.8. The van der Waals surface area contributed by atoms with Crippen molar-refractivity contribution in [1.29, 1.82) is 0 Å². The van der Waals surface area contributed by atoms with Gasteiger partial charge in [-0.05, 0) is 77.0 Å². The molecular weight excluding hydrogens is 811 g/mol. The number of likely N-dealkylation sites (N-methyl/N-ethyl adjacent to an activating group) is 1. The van der Waals surface area contributed by atoms with Crippen molar-refractivity contribution in [2.75, 3.05) is 26.7 Å². The van der Waals surface area contributed by atoms with Gasteiger partial charge in [0.05, 0.1) is 0 Å². The number of amides is 6. The van der Waals surface area contributed by atoms with Crippen LogP contribution >= 0.6 is 0 Å². The topological polar surface area (TPSA) is 195 Å². The minimum absolute atomic E-state index is 0.0354. The first kappa shape index (κ1) is 60.4. The number of nitroso groups, excluding NO2 is 1. The molecule has 0 spiro atoms. The molecule has 0 aliphatic carbocycles. The molecule has 64 heavy (non-hydrogen) atoms. The van der Waals surface area contributed by atoms with E-state index in [9.17, 15) is 33.7 Å². The van der Waals surface area contributed by atoms with Gasteiger partial charge in [-0.25, -0.2) is 0 Å². The van der Waals surface area contributed by atoms with Crippen LogP contribution in [0.4, 0.5) is 0 Å². The summed E-state index contributed by atoms with van der Waals surface area (Å²) in [5.74, 6) is -1.88. The van der Waals surface area contributed by atoms with E-state index in [1.807, 2.05) is 27.7 Å². The number of unbranched alkanes of at least 4 members (excludes halogenated alkanes) is 11. The molecule has 0 saturated carbocycles. The largest absolute Gasteiger partial charge is 0.357 e. The Kier molecular flexibility index (Phi) is 36.5. The fourth-order valence-electron chi connectivity index (χ4n) is 7.71. The Bertz CT molecular complexity index is 1310. The molecule has 0 aliphatic heterocycles. The minimum Gasteiger partial charge on any atom is -0.357 e. The molecule has 0 saturated heterocycles. The zero-order chi connectivity index (χ0) is 48.1. The molecule has 6 amide bonds. The molecule has 7 atom stereocenters. The second-order valence-electron chi connectivity index (χ2n) is 18.5. The van der Waals surface area contributed by atoms with Crippen molar-refractivity contribution in [3.05, 3.63) is 4.91 Å². The van der Waals surface area contributed by atoms with E-state index in [1.165, 1.54) is 7.05 Å². The summed E-state index contributed by atoms with van der Waals surface area (Å²) in [6.45, 7) is 17.4. The van der Waals surface area contributed by atoms with E-state index in [0.717, 1.165) is 107 Å². The smallest absolute Gasteiger partial charge is 0.243 e. The van der Waals surface area contributed by atoms with Crippen LogP contribution in [0, 0.1) is 22.7 Å². The second kappa shape index (κ2) is 38.7. The Morgan fingerprint density at radius 2 is 0.734 bits per heavy atom. The lowest BCUT2D eigenvalue weighted by Gasteiger charge is -2.24. The summed E-state index contributed by atoms with van der Waals surface area (Å²) in [6.07, 6.45) is 20.3. The Morgan fingerprint density at radius 3 is 1.17 bits per heavy atom. The van der Waals surface area contributed by atoms with E-state index in [-0.39, 0.29) is 53.3 Å². The molecule has 0 aliphatic rings. The van der Waals surface area contributed by atoms with Crippen LogP contribution in [-0.2, 0) is 28.8 Å². The standard InChI is InChI=1S/C50H95N7O7/c1-10-14-18-28-38(5)45(58)52-35-25-23-33-43(54-46(59)39(6)29-19-15-11-2)49(62)53-36-26-22-32-42(48(61)51-9)56-50(63)44(55-47(60)40(7)30-20-16-12-3)34-24-27-37-57(64)41(8)31-21-17-13-4/h38-44H,10-37H2,1-9H3,(H5-,51,52,53,54,55,56,58,59,60,61,62,63)/p+1. The third-order valence-corrected chi connectivity index (χ3v) is 12.5. The maximum Gasteiger partial charge on any atom is 0.243 e. The lowest BCUT2D eigenvalue weighted by atomic mass is 10.0. The lowest BCUT2D eigenvalue weighted by molar-refractivity contribution is -0.583. The Morgan fingerprint density at radius 1 is 0.391 bits per heavy atom. The molecule has 0 radical (unpaired) electrons. The van der Waals surface area contributed by atoms with Gasteiger partial charge in [0, 0.05) is 67.3 Å². The van der Waals surface area contributed by atoms with Crippen molar-refractivity contribution in [2.24, 2.45) is 17.8 Å². The number of nitrogens with zero attached hydrogens (tertiary/aromatic N) is 1. The average Bonchev–Trinajstić information content (AvgIpc) is 3.28. The molecule has 14 nitrogen and oxygen atoms in total. The number of carbonyl (C=O) groups excluding carboxylic acids is 6. The van der Waals surface area contributed by atoms with Crippen LogP contribution in [0.5, 0.6) is 0 Å². The quantitative estimate of drug-likeness (QED) is 0.0262. The normalized spacial score (nSPS) is 14.5. The molecule has 0 heterocycles. The third kappa shape index (κ3) is 29.1. The Labute approximate surface area is 389 Å². The maximum atomic E-state index is 13.8. The number of carbonyl (C=O) groups is 6. The van der Waals surface area contributed by atoms with Gasteiger partial charge in [-0.3, -0.25) is 28.8 Å². The lowest BCUT2D eigenvalue weighted by Crippen LogP contribution is -2.54. The number of rotatable bonds is 41. The summed E-state index contributed by atoms with van der Waals surface area (Å²) in [4.78, 5) is 91.9. The monoisotopic (exact) mass is 907 g/mol. The first-order valence-electron chi connectivity index (χ1n) is 25.8. The minimum atomic E-state index is -0.855. The Hall–Kier alpha value is -3.58. The van der Waals surface area contributed by atoms with Gasteiger partial charge in [-0.2, -0.15) is 0 Å². The van der Waals surface area contributed by atoms with Gasteiger partial charge in [-0.15, -0.1) is 0 Å². The molecule has 0 bridgehead atoms. The highest BCUT2D eigenvalue weighted by Gasteiger charge is 2.29. The van der Waals surface area contributed by atoms with Crippen LogP contribution in [0.3, 0.4) is 0 Å². The van der Waals surface area contributed by atoms with Crippen molar-refractivity contribution >= 4 is 35.4 Å². The van der Waals surface area contributed by atoms with E-state index >= 15 is 0 Å². The van der Waals surface area contributed by atoms with Crippen molar-refractivity contribution in [1.82, 2.24) is 31.9 Å². The zero-order valence-electron chi connectivity index (χ0n) is 42.1. The summed E-state index contributed by atoms with van der Waals surface area (Å²) >= 11 is 0. The summed E-state index contributed by atoms with van der Waals surface area (Å²) in [7, 11) is 1.51. The average molecular weight is 907 g/mol. The van der Waals surface area contributed by atoms with Gasteiger partial charge in [0.15, 0.2) is 12.6 Å². The molecular formula is C50H96N7O7+. The van der Waals surface area contributed by atoms with E-state index in [0.29, 0.717) is 77.4 Å².